The normalized spacial score (nSPS) is 27.3. The number of likely N-dealkylation sites (tertiary alicyclic amines) is 2. The lowest BCUT2D eigenvalue weighted by molar-refractivity contribution is -0.145. The molecule has 2 atom stereocenters. The second-order valence-electron chi connectivity index (χ2n) is 7.22. The van der Waals surface area contributed by atoms with E-state index >= 15 is 0 Å². The third kappa shape index (κ3) is 3.80. The summed E-state index contributed by atoms with van der Waals surface area (Å²) in [7, 11) is 0. The van der Waals surface area contributed by atoms with Gasteiger partial charge in [0.2, 0.25) is 11.8 Å². The summed E-state index contributed by atoms with van der Waals surface area (Å²) in [5, 5.41) is 9.35. The maximum Gasteiger partial charge on any atom is 0.226 e. The van der Waals surface area contributed by atoms with Crippen LogP contribution in [0, 0.1) is 17.8 Å². The van der Waals surface area contributed by atoms with Crippen LogP contribution in [0.5, 0.6) is 0 Å². The van der Waals surface area contributed by atoms with E-state index < -0.39 is 0 Å². The molecule has 0 bridgehead atoms. The van der Waals surface area contributed by atoms with E-state index in [1.54, 1.807) is 0 Å². The van der Waals surface area contributed by atoms with Crippen LogP contribution in [-0.2, 0) is 9.59 Å². The standard InChI is InChI=1S/C17H30N2O3/c1-12(2)16(21)18-8-6-15(7-9-18)17(22)19-10-14(11-20)5-4-13(19)3/h12-15,20H,4-11H2,1-3H3. The number of nitrogens with zero attached hydrogens (tertiary/aromatic N) is 2. The van der Waals surface area contributed by atoms with Gasteiger partial charge in [0.1, 0.15) is 0 Å². The van der Waals surface area contributed by atoms with Gasteiger partial charge in [-0.25, -0.2) is 0 Å². The summed E-state index contributed by atoms with van der Waals surface area (Å²) in [4.78, 5) is 28.6. The average molecular weight is 310 g/mol. The van der Waals surface area contributed by atoms with Crippen LogP contribution < -0.4 is 0 Å². The zero-order chi connectivity index (χ0) is 16.3. The maximum atomic E-state index is 12.8. The Kier molecular flexibility index (Phi) is 5.84. The monoisotopic (exact) mass is 310 g/mol. The lowest BCUT2D eigenvalue weighted by Gasteiger charge is -2.41. The van der Waals surface area contributed by atoms with Gasteiger partial charge in [-0.15, -0.1) is 0 Å². The van der Waals surface area contributed by atoms with Crippen molar-refractivity contribution >= 4 is 11.8 Å². The molecule has 2 fully saturated rings. The number of carbonyl (C=O) groups excluding carboxylic acids is 2. The van der Waals surface area contributed by atoms with Crippen molar-refractivity contribution in [2.75, 3.05) is 26.2 Å². The van der Waals surface area contributed by atoms with Crippen molar-refractivity contribution in [1.29, 1.82) is 0 Å². The fourth-order valence-corrected chi connectivity index (χ4v) is 3.58. The third-order valence-corrected chi connectivity index (χ3v) is 5.17. The van der Waals surface area contributed by atoms with Crippen molar-refractivity contribution in [1.82, 2.24) is 9.80 Å². The number of rotatable bonds is 3. The van der Waals surface area contributed by atoms with Crippen LogP contribution in [-0.4, -0.2) is 59.0 Å². The predicted molar refractivity (Wildman–Crippen MR) is 85.1 cm³/mol. The molecule has 0 aromatic carbocycles. The van der Waals surface area contributed by atoms with Crippen molar-refractivity contribution in [3.8, 4) is 0 Å². The van der Waals surface area contributed by atoms with Crippen LogP contribution in [0.2, 0.25) is 0 Å². The first-order valence-electron chi connectivity index (χ1n) is 8.64. The highest BCUT2D eigenvalue weighted by Gasteiger charge is 2.35. The highest BCUT2D eigenvalue weighted by atomic mass is 16.3. The first-order valence-corrected chi connectivity index (χ1v) is 8.64. The molecule has 2 rings (SSSR count). The van der Waals surface area contributed by atoms with Crippen molar-refractivity contribution in [2.45, 2.75) is 52.5 Å². The van der Waals surface area contributed by atoms with Crippen LogP contribution in [0.3, 0.4) is 0 Å². The zero-order valence-electron chi connectivity index (χ0n) is 14.1. The summed E-state index contributed by atoms with van der Waals surface area (Å²) in [6.07, 6.45) is 3.51. The Labute approximate surface area is 133 Å². The molecular weight excluding hydrogens is 280 g/mol. The highest BCUT2D eigenvalue weighted by molar-refractivity contribution is 5.81. The number of piperidine rings is 2. The molecule has 0 radical (unpaired) electrons. The molecule has 1 N–H and O–H groups in total. The summed E-state index contributed by atoms with van der Waals surface area (Å²) < 4.78 is 0. The lowest BCUT2D eigenvalue weighted by Crippen LogP contribution is -2.51. The molecule has 126 valence electrons. The minimum atomic E-state index is 0.0275. The van der Waals surface area contributed by atoms with Crippen LogP contribution >= 0.6 is 0 Å². The minimum Gasteiger partial charge on any atom is -0.396 e. The van der Waals surface area contributed by atoms with E-state index in [0.717, 1.165) is 25.7 Å². The van der Waals surface area contributed by atoms with Gasteiger partial charge in [0.05, 0.1) is 0 Å². The molecule has 0 aromatic heterocycles. The van der Waals surface area contributed by atoms with Crippen LogP contribution in [0.4, 0.5) is 0 Å². The third-order valence-electron chi connectivity index (χ3n) is 5.17. The summed E-state index contributed by atoms with van der Waals surface area (Å²) in [5.74, 6) is 0.707. The number of aliphatic hydroxyl groups excluding tert-OH is 1. The highest BCUT2D eigenvalue weighted by Crippen LogP contribution is 2.27. The Hall–Kier alpha value is -1.10. The molecule has 2 aliphatic heterocycles. The van der Waals surface area contributed by atoms with Gasteiger partial charge < -0.3 is 14.9 Å². The van der Waals surface area contributed by atoms with Gasteiger partial charge in [-0.1, -0.05) is 13.8 Å². The van der Waals surface area contributed by atoms with Gasteiger partial charge in [0.15, 0.2) is 0 Å². The molecule has 5 heteroatoms. The van der Waals surface area contributed by atoms with Crippen molar-refractivity contribution in [3.63, 3.8) is 0 Å². The summed E-state index contributed by atoms with van der Waals surface area (Å²) >= 11 is 0. The molecule has 0 aliphatic carbocycles. The van der Waals surface area contributed by atoms with E-state index in [-0.39, 0.29) is 42.2 Å². The van der Waals surface area contributed by atoms with Crippen molar-refractivity contribution < 1.29 is 14.7 Å². The number of hydrogen-bond donors (Lipinski definition) is 1. The zero-order valence-corrected chi connectivity index (χ0v) is 14.1. The number of amides is 2. The second-order valence-corrected chi connectivity index (χ2v) is 7.22. The summed E-state index contributed by atoms with van der Waals surface area (Å²) in [6.45, 7) is 8.18. The Morgan fingerprint density at radius 3 is 2.32 bits per heavy atom. The molecule has 2 saturated heterocycles. The van der Waals surface area contributed by atoms with Gasteiger partial charge in [0.25, 0.3) is 0 Å². The Bertz CT molecular complexity index is 403. The van der Waals surface area contributed by atoms with Crippen LogP contribution in [0.25, 0.3) is 0 Å². The Morgan fingerprint density at radius 2 is 1.77 bits per heavy atom. The Balaban J connectivity index is 1.90. The molecule has 0 saturated carbocycles. The molecule has 0 aromatic rings. The first kappa shape index (κ1) is 17.3. The lowest BCUT2D eigenvalue weighted by atomic mass is 9.89. The van der Waals surface area contributed by atoms with E-state index in [2.05, 4.69) is 6.92 Å². The van der Waals surface area contributed by atoms with E-state index in [0.29, 0.717) is 19.6 Å². The number of hydrogen-bond acceptors (Lipinski definition) is 3. The van der Waals surface area contributed by atoms with E-state index in [4.69, 9.17) is 0 Å². The van der Waals surface area contributed by atoms with Gasteiger partial charge in [-0.2, -0.15) is 0 Å². The molecule has 2 amide bonds. The van der Waals surface area contributed by atoms with E-state index in [1.807, 2.05) is 23.6 Å². The van der Waals surface area contributed by atoms with Crippen LogP contribution in [0.15, 0.2) is 0 Å². The number of aliphatic hydroxyl groups is 1. The topological polar surface area (TPSA) is 60.9 Å². The predicted octanol–water partition coefficient (Wildman–Crippen LogP) is 1.50. The maximum absolute atomic E-state index is 12.8. The number of carbonyl (C=O) groups is 2. The quantitative estimate of drug-likeness (QED) is 0.859. The first-order chi connectivity index (χ1) is 10.4. The Morgan fingerprint density at radius 1 is 1.14 bits per heavy atom. The fraction of sp³-hybridized carbons (Fsp3) is 0.882. The second kappa shape index (κ2) is 7.44. The molecule has 5 nitrogen and oxygen atoms in total. The van der Waals surface area contributed by atoms with Crippen molar-refractivity contribution in [2.24, 2.45) is 17.8 Å². The van der Waals surface area contributed by atoms with Crippen LogP contribution in [0.1, 0.15) is 46.5 Å². The summed E-state index contributed by atoms with van der Waals surface area (Å²) in [6, 6.07) is 0.269. The molecule has 2 unspecified atom stereocenters. The largest absolute Gasteiger partial charge is 0.396 e. The average Bonchev–Trinajstić information content (AvgIpc) is 2.54. The van der Waals surface area contributed by atoms with E-state index in [1.165, 1.54) is 0 Å². The van der Waals surface area contributed by atoms with Gasteiger partial charge in [-0.05, 0) is 38.5 Å². The van der Waals surface area contributed by atoms with Gasteiger partial charge in [0, 0.05) is 44.1 Å². The molecule has 2 aliphatic rings. The summed E-state index contributed by atoms with van der Waals surface area (Å²) in [5.41, 5.74) is 0. The van der Waals surface area contributed by atoms with Gasteiger partial charge in [-0.3, -0.25) is 9.59 Å². The van der Waals surface area contributed by atoms with E-state index in [9.17, 15) is 14.7 Å². The molecule has 2 heterocycles. The van der Waals surface area contributed by atoms with Gasteiger partial charge >= 0.3 is 0 Å². The van der Waals surface area contributed by atoms with Crippen molar-refractivity contribution in [3.05, 3.63) is 0 Å². The molecule has 22 heavy (non-hydrogen) atoms. The molecule has 0 spiro atoms. The smallest absolute Gasteiger partial charge is 0.226 e. The minimum absolute atomic E-state index is 0.0275. The fourth-order valence-electron chi connectivity index (χ4n) is 3.58. The SMILES string of the molecule is CC(C)C(=O)N1CCC(C(=O)N2CC(CO)CCC2C)CC1. The molecular formula is C17H30N2O3.